The van der Waals surface area contributed by atoms with Gasteiger partial charge in [0.15, 0.2) is 0 Å². The van der Waals surface area contributed by atoms with Gasteiger partial charge in [0.05, 0.1) is 4.75 Å². The summed E-state index contributed by atoms with van der Waals surface area (Å²) in [6, 6.07) is 7.45. The lowest BCUT2D eigenvalue weighted by molar-refractivity contribution is 0.262. The number of carbonyl (C=O) groups is 1. The van der Waals surface area contributed by atoms with Crippen molar-refractivity contribution < 1.29 is 4.79 Å². The molecule has 2 nitrogen and oxygen atoms in total. The molecule has 0 aromatic heterocycles. The van der Waals surface area contributed by atoms with E-state index in [9.17, 15) is 4.79 Å². The Hall–Kier alpha value is -0.930. The van der Waals surface area contributed by atoms with E-state index in [1.807, 2.05) is 25.1 Å². The van der Waals surface area contributed by atoms with Gasteiger partial charge in [0.25, 0.3) is 5.24 Å². The van der Waals surface area contributed by atoms with Crippen LogP contribution in [0.25, 0.3) is 0 Å². The van der Waals surface area contributed by atoms with Gasteiger partial charge in [-0.3, -0.25) is 4.79 Å². The van der Waals surface area contributed by atoms with Gasteiger partial charge in [-0.25, -0.2) is 0 Å². The molecule has 0 radical (unpaired) electrons. The summed E-state index contributed by atoms with van der Waals surface area (Å²) >= 11 is 7.12. The summed E-state index contributed by atoms with van der Waals surface area (Å²) in [5.41, 5.74) is 0.962. The minimum absolute atomic E-state index is 0.0950. The predicted octanol–water partition coefficient (Wildman–Crippen LogP) is 3.81. The van der Waals surface area contributed by atoms with E-state index in [1.54, 1.807) is 19.2 Å². The fraction of sp³-hybridized carbons (Fsp3) is 0.250. The maximum Gasteiger partial charge on any atom is 0.279 e. The van der Waals surface area contributed by atoms with Crippen molar-refractivity contribution in [3.63, 3.8) is 0 Å². The van der Waals surface area contributed by atoms with E-state index in [0.717, 1.165) is 5.56 Å². The number of nitrogens with one attached hydrogen (secondary N) is 1. The molecular weight excluding hydrogens is 242 g/mol. The Morgan fingerprint density at radius 2 is 2.31 bits per heavy atom. The first-order valence-electron chi connectivity index (χ1n) is 4.82. The molecule has 1 amide bonds. The highest BCUT2D eigenvalue weighted by Gasteiger charge is 2.27. The van der Waals surface area contributed by atoms with Gasteiger partial charge in [-0.15, -0.1) is 6.58 Å². The highest BCUT2D eigenvalue weighted by atomic mass is 35.5. The fourth-order valence-corrected chi connectivity index (χ4v) is 2.26. The first kappa shape index (κ1) is 13.1. The average Bonchev–Trinajstić information content (AvgIpc) is 2.28. The number of halogens is 1. The second-order valence-corrected chi connectivity index (χ2v) is 5.32. The van der Waals surface area contributed by atoms with Crippen molar-refractivity contribution in [1.29, 1.82) is 0 Å². The number of rotatable bonds is 3. The highest BCUT2D eigenvalue weighted by Crippen LogP contribution is 2.38. The quantitative estimate of drug-likeness (QED) is 0.832. The van der Waals surface area contributed by atoms with E-state index in [4.69, 9.17) is 11.6 Å². The van der Waals surface area contributed by atoms with Crippen molar-refractivity contribution >= 4 is 28.6 Å². The zero-order valence-corrected chi connectivity index (χ0v) is 10.9. The summed E-state index contributed by atoms with van der Waals surface area (Å²) in [5, 5.41) is 3.14. The Kier molecular flexibility index (Phi) is 4.44. The second kappa shape index (κ2) is 5.41. The third kappa shape index (κ3) is 3.03. The summed E-state index contributed by atoms with van der Waals surface area (Å²) in [4.78, 5) is 11.4. The molecule has 4 heteroatoms. The van der Waals surface area contributed by atoms with Crippen LogP contribution in [0.3, 0.4) is 0 Å². The Labute approximate surface area is 105 Å². The monoisotopic (exact) mass is 255 g/mol. The molecule has 0 bridgehead atoms. The summed E-state index contributed by atoms with van der Waals surface area (Å²) in [5.74, 6) is 0. The van der Waals surface area contributed by atoms with Crippen LogP contribution < -0.4 is 5.32 Å². The van der Waals surface area contributed by atoms with Crippen LogP contribution in [-0.4, -0.2) is 12.3 Å². The van der Waals surface area contributed by atoms with Gasteiger partial charge >= 0.3 is 0 Å². The second-order valence-electron chi connectivity index (χ2n) is 3.46. The number of hydrogen-bond acceptors (Lipinski definition) is 2. The zero-order chi connectivity index (χ0) is 12.2. The SMILES string of the molecule is C=C[C@@](C)(SC(=O)NC)c1cccc(Cl)c1. The Morgan fingerprint density at radius 3 is 2.81 bits per heavy atom. The van der Waals surface area contributed by atoms with Gasteiger partial charge in [-0.05, 0) is 36.4 Å². The summed E-state index contributed by atoms with van der Waals surface area (Å²) in [7, 11) is 1.61. The minimum Gasteiger partial charge on any atom is -0.350 e. The van der Waals surface area contributed by atoms with E-state index in [2.05, 4.69) is 11.9 Å². The number of benzene rings is 1. The third-order valence-corrected chi connectivity index (χ3v) is 3.75. The van der Waals surface area contributed by atoms with E-state index in [-0.39, 0.29) is 5.24 Å². The number of hydrogen-bond donors (Lipinski definition) is 1. The minimum atomic E-state index is -0.467. The molecule has 0 saturated carbocycles. The molecule has 0 spiro atoms. The lowest BCUT2D eigenvalue weighted by Gasteiger charge is -2.24. The van der Waals surface area contributed by atoms with Gasteiger partial charge in [-0.2, -0.15) is 0 Å². The maximum atomic E-state index is 11.4. The lowest BCUT2D eigenvalue weighted by atomic mass is 10.0. The number of carbonyl (C=O) groups excluding carboxylic acids is 1. The van der Waals surface area contributed by atoms with Crippen LogP contribution in [0, 0.1) is 0 Å². The Balaban J connectivity index is 3.04. The maximum absolute atomic E-state index is 11.4. The van der Waals surface area contributed by atoms with Crippen LogP contribution in [0.15, 0.2) is 36.9 Å². The Bertz CT molecular complexity index is 408. The van der Waals surface area contributed by atoms with Crippen LogP contribution in [0.1, 0.15) is 12.5 Å². The van der Waals surface area contributed by atoms with Crippen molar-refractivity contribution in [1.82, 2.24) is 5.32 Å². The summed E-state index contributed by atoms with van der Waals surface area (Å²) < 4.78 is -0.467. The Morgan fingerprint density at radius 1 is 1.62 bits per heavy atom. The molecule has 1 atom stereocenters. The largest absolute Gasteiger partial charge is 0.350 e. The topological polar surface area (TPSA) is 29.1 Å². The molecule has 0 heterocycles. The molecule has 1 N–H and O–H groups in total. The van der Waals surface area contributed by atoms with Crippen LogP contribution in [0.5, 0.6) is 0 Å². The van der Waals surface area contributed by atoms with E-state index in [1.165, 1.54) is 11.8 Å². The van der Waals surface area contributed by atoms with Gasteiger partial charge in [-0.1, -0.05) is 29.8 Å². The fourth-order valence-electron chi connectivity index (χ4n) is 1.26. The number of thioether (sulfide) groups is 1. The zero-order valence-electron chi connectivity index (χ0n) is 9.29. The average molecular weight is 256 g/mol. The molecule has 16 heavy (non-hydrogen) atoms. The molecule has 1 aromatic carbocycles. The molecule has 0 aliphatic carbocycles. The van der Waals surface area contributed by atoms with Gasteiger partial charge < -0.3 is 5.32 Å². The predicted molar refractivity (Wildman–Crippen MR) is 71.0 cm³/mol. The molecule has 0 aliphatic rings. The van der Waals surface area contributed by atoms with Crippen molar-refractivity contribution in [3.8, 4) is 0 Å². The number of amides is 1. The molecular formula is C12H14ClNOS. The van der Waals surface area contributed by atoms with E-state index >= 15 is 0 Å². The molecule has 1 rings (SSSR count). The smallest absolute Gasteiger partial charge is 0.279 e. The van der Waals surface area contributed by atoms with E-state index < -0.39 is 4.75 Å². The normalized spacial score (nSPS) is 13.9. The highest BCUT2D eigenvalue weighted by molar-refractivity contribution is 8.14. The van der Waals surface area contributed by atoms with Crippen molar-refractivity contribution in [2.45, 2.75) is 11.7 Å². The molecule has 0 aliphatic heterocycles. The van der Waals surface area contributed by atoms with Crippen LogP contribution in [0.4, 0.5) is 4.79 Å². The van der Waals surface area contributed by atoms with Crippen LogP contribution in [0.2, 0.25) is 5.02 Å². The third-order valence-electron chi connectivity index (χ3n) is 2.30. The molecule has 86 valence electrons. The standard InChI is InChI=1S/C12H14ClNOS/c1-4-12(2,16-11(15)14-3)9-6-5-7-10(13)8-9/h4-8H,1H2,2-3H3,(H,14,15)/t12-/m1/s1. The van der Waals surface area contributed by atoms with Crippen molar-refractivity contribution in [3.05, 3.63) is 47.5 Å². The van der Waals surface area contributed by atoms with Gasteiger partial charge in [0.1, 0.15) is 0 Å². The molecule has 0 saturated heterocycles. The molecule has 0 unspecified atom stereocenters. The first-order valence-corrected chi connectivity index (χ1v) is 6.01. The van der Waals surface area contributed by atoms with E-state index in [0.29, 0.717) is 5.02 Å². The van der Waals surface area contributed by atoms with Crippen LogP contribution in [-0.2, 0) is 4.75 Å². The summed E-state index contributed by atoms with van der Waals surface area (Å²) in [6.07, 6.45) is 1.75. The van der Waals surface area contributed by atoms with Gasteiger partial charge in [0, 0.05) is 12.1 Å². The van der Waals surface area contributed by atoms with Crippen LogP contribution >= 0.6 is 23.4 Å². The lowest BCUT2D eigenvalue weighted by Crippen LogP contribution is -2.22. The molecule has 0 fully saturated rings. The summed E-state index contributed by atoms with van der Waals surface area (Å²) in [6.45, 7) is 5.72. The first-order chi connectivity index (χ1) is 7.51. The van der Waals surface area contributed by atoms with Crippen molar-refractivity contribution in [2.24, 2.45) is 0 Å². The van der Waals surface area contributed by atoms with Gasteiger partial charge in [0.2, 0.25) is 0 Å². The molecule has 1 aromatic rings. The van der Waals surface area contributed by atoms with Crippen molar-refractivity contribution in [2.75, 3.05) is 7.05 Å².